The van der Waals surface area contributed by atoms with Gasteiger partial charge in [-0.05, 0) is 55.7 Å². The molecular weight excluding hydrogens is 294 g/mol. The van der Waals surface area contributed by atoms with Gasteiger partial charge in [0.1, 0.15) is 23.9 Å². The third-order valence-corrected chi connectivity index (χ3v) is 3.97. The average Bonchev–Trinajstić information content (AvgIpc) is 2.94. The zero-order valence-electron chi connectivity index (χ0n) is 12.6. The second-order valence-electron chi connectivity index (χ2n) is 5.11. The van der Waals surface area contributed by atoms with Crippen LogP contribution in [-0.4, -0.2) is 4.37 Å². The van der Waals surface area contributed by atoms with Crippen LogP contribution in [0.1, 0.15) is 16.1 Å². The number of rotatable bonds is 5. The van der Waals surface area contributed by atoms with Crippen molar-refractivity contribution in [2.75, 3.05) is 0 Å². The Morgan fingerprint density at radius 2 is 1.68 bits per heavy atom. The summed E-state index contributed by atoms with van der Waals surface area (Å²) < 4.78 is 15.9. The fourth-order valence-electron chi connectivity index (χ4n) is 2.01. The molecule has 0 N–H and O–H groups in total. The lowest BCUT2D eigenvalue weighted by molar-refractivity contribution is 0.308. The van der Waals surface area contributed by atoms with Crippen molar-refractivity contribution < 1.29 is 9.47 Å². The van der Waals surface area contributed by atoms with Crippen molar-refractivity contribution in [3.8, 4) is 17.2 Å². The standard InChI is InChI=1S/C18H17NO2S/c1-13-6-8-15(9-7-13)21-17-5-3-4-16(11-17)20-12-18-10-14(2)19-22-18/h3-11H,12H2,1-2H3. The maximum atomic E-state index is 5.84. The summed E-state index contributed by atoms with van der Waals surface area (Å²) in [5.74, 6) is 2.37. The van der Waals surface area contributed by atoms with Gasteiger partial charge >= 0.3 is 0 Å². The van der Waals surface area contributed by atoms with E-state index < -0.39 is 0 Å². The molecule has 112 valence electrons. The van der Waals surface area contributed by atoms with Crippen molar-refractivity contribution in [2.24, 2.45) is 0 Å². The van der Waals surface area contributed by atoms with E-state index in [-0.39, 0.29) is 0 Å². The van der Waals surface area contributed by atoms with E-state index in [1.807, 2.05) is 61.5 Å². The molecule has 22 heavy (non-hydrogen) atoms. The molecule has 0 atom stereocenters. The van der Waals surface area contributed by atoms with Crippen LogP contribution >= 0.6 is 11.5 Å². The molecule has 0 bridgehead atoms. The van der Waals surface area contributed by atoms with Crippen molar-refractivity contribution in [2.45, 2.75) is 20.5 Å². The minimum atomic E-state index is 0.527. The van der Waals surface area contributed by atoms with E-state index in [1.165, 1.54) is 17.1 Å². The van der Waals surface area contributed by atoms with Gasteiger partial charge in [0.15, 0.2) is 0 Å². The lowest BCUT2D eigenvalue weighted by Gasteiger charge is -2.09. The molecule has 0 amide bonds. The first-order valence-corrected chi connectivity index (χ1v) is 7.86. The fraction of sp³-hybridized carbons (Fsp3) is 0.167. The third kappa shape index (κ3) is 3.86. The lowest BCUT2D eigenvalue weighted by atomic mass is 10.2. The maximum absolute atomic E-state index is 5.84. The number of nitrogens with zero attached hydrogens (tertiary/aromatic N) is 1. The minimum Gasteiger partial charge on any atom is -0.488 e. The number of hydrogen-bond acceptors (Lipinski definition) is 4. The van der Waals surface area contributed by atoms with Gasteiger partial charge < -0.3 is 9.47 Å². The number of hydrogen-bond donors (Lipinski definition) is 0. The Labute approximate surface area is 134 Å². The molecule has 0 aliphatic carbocycles. The second kappa shape index (κ2) is 6.62. The van der Waals surface area contributed by atoms with Crippen molar-refractivity contribution in [1.29, 1.82) is 0 Å². The van der Waals surface area contributed by atoms with Gasteiger partial charge in [-0.3, -0.25) is 0 Å². The summed E-state index contributed by atoms with van der Waals surface area (Å²) in [6.45, 7) is 4.56. The van der Waals surface area contributed by atoms with Crippen LogP contribution in [-0.2, 0) is 6.61 Å². The first kappa shape index (κ1) is 14.6. The number of benzene rings is 2. The van der Waals surface area contributed by atoms with Gasteiger partial charge in [0, 0.05) is 6.07 Å². The first-order valence-electron chi connectivity index (χ1n) is 7.08. The van der Waals surface area contributed by atoms with Crippen LogP contribution in [0.3, 0.4) is 0 Å². The summed E-state index contributed by atoms with van der Waals surface area (Å²) in [5, 5.41) is 0. The molecule has 0 fully saturated rings. The van der Waals surface area contributed by atoms with Gasteiger partial charge in [0.05, 0.1) is 10.6 Å². The quantitative estimate of drug-likeness (QED) is 0.654. The second-order valence-corrected chi connectivity index (χ2v) is 6.00. The summed E-state index contributed by atoms with van der Waals surface area (Å²) >= 11 is 1.47. The van der Waals surface area contributed by atoms with Crippen LogP contribution in [0.2, 0.25) is 0 Å². The van der Waals surface area contributed by atoms with Crippen LogP contribution in [0.15, 0.2) is 54.6 Å². The van der Waals surface area contributed by atoms with Crippen LogP contribution in [0.5, 0.6) is 17.2 Å². The third-order valence-electron chi connectivity index (χ3n) is 3.12. The number of ether oxygens (including phenoxy) is 2. The van der Waals surface area contributed by atoms with Gasteiger partial charge in [0.25, 0.3) is 0 Å². The smallest absolute Gasteiger partial charge is 0.131 e. The van der Waals surface area contributed by atoms with Crippen molar-refractivity contribution in [3.63, 3.8) is 0 Å². The summed E-state index contributed by atoms with van der Waals surface area (Å²) in [6, 6.07) is 17.7. The Morgan fingerprint density at radius 1 is 0.909 bits per heavy atom. The van der Waals surface area contributed by atoms with E-state index in [0.29, 0.717) is 6.61 Å². The minimum absolute atomic E-state index is 0.527. The molecule has 3 nitrogen and oxygen atoms in total. The molecule has 0 aliphatic rings. The van der Waals surface area contributed by atoms with E-state index in [1.54, 1.807) is 0 Å². The molecule has 3 aromatic rings. The van der Waals surface area contributed by atoms with Crippen LogP contribution in [0.25, 0.3) is 0 Å². The highest BCUT2D eigenvalue weighted by molar-refractivity contribution is 7.05. The Kier molecular flexibility index (Phi) is 4.39. The van der Waals surface area contributed by atoms with Crippen LogP contribution in [0, 0.1) is 13.8 Å². The highest BCUT2D eigenvalue weighted by Gasteiger charge is 2.02. The van der Waals surface area contributed by atoms with Gasteiger partial charge in [0.2, 0.25) is 0 Å². The molecule has 0 spiro atoms. The average molecular weight is 311 g/mol. The zero-order chi connectivity index (χ0) is 15.4. The molecule has 0 radical (unpaired) electrons. The topological polar surface area (TPSA) is 31.4 Å². The van der Waals surface area contributed by atoms with E-state index in [2.05, 4.69) is 11.3 Å². The SMILES string of the molecule is Cc1ccc(Oc2cccc(OCc3cc(C)ns3)c2)cc1. The maximum Gasteiger partial charge on any atom is 0.131 e. The van der Waals surface area contributed by atoms with Crippen molar-refractivity contribution in [1.82, 2.24) is 4.37 Å². The number of aromatic nitrogens is 1. The van der Waals surface area contributed by atoms with Gasteiger partial charge in [-0.15, -0.1) is 0 Å². The monoisotopic (exact) mass is 311 g/mol. The molecule has 1 heterocycles. The molecular formula is C18H17NO2S. The molecule has 3 rings (SSSR count). The van der Waals surface area contributed by atoms with Gasteiger partial charge in [-0.1, -0.05) is 23.8 Å². The van der Waals surface area contributed by atoms with E-state index in [0.717, 1.165) is 27.8 Å². The molecule has 4 heteroatoms. The molecule has 0 unspecified atom stereocenters. The van der Waals surface area contributed by atoms with Crippen LogP contribution < -0.4 is 9.47 Å². The molecule has 0 aliphatic heterocycles. The van der Waals surface area contributed by atoms with Crippen molar-refractivity contribution >= 4 is 11.5 Å². The lowest BCUT2D eigenvalue weighted by Crippen LogP contribution is -1.93. The van der Waals surface area contributed by atoms with E-state index in [4.69, 9.17) is 9.47 Å². The Balaban J connectivity index is 1.65. The zero-order valence-corrected chi connectivity index (χ0v) is 13.4. The summed E-state index contributed by atoms with van der Waals surface area (Å²) in [7, 11) is 0. The Morgan fingerprint density at radius 3 is 2.41 bits per heavy atom. The predicted molar refractivity (Wildman–Crippen MR) is 88.9 cm³/mol. The normalized spacial score (nSPS) is 10.5. The Bertz CT molecular complexity index is 750. The summed E-state index contributed by atoms with van der Waals surface area (Å²) in [5.41, 5.74) is 2.24. The highest BCUT2D eigenvalue weighted by Crippen LogP contribution is 2.26. The number of aryl methyl sites for hydroxylation is 2. The van der Waals surface area contributed by atoms with Crippen LogP contribution in [0.4, 0.5) is 0 Å². The van der Waals surface area contributed by atoms with Gasteiger partial charge in [-0.2, -0.15) is 4.37 Å². The van der Waals surface area contributed by atoms with E-state index in [9.17, 15) is 0 Å². The summed E-state index contributed by atoms with van der Waals surface area (Å²) in [4.78, 5) is 1.11. The fourth-order valence-corrected chi connectivity index (χ4v) is 2.66. The first-order chi connectivity index (χ1) is 10.7. The highest BCUT2D eigenvalue weighted by atomic mass is 32.1. The molecule has 2 aromatic carbocycles. The van der Waals surface area contributed by atoms with Gasteiger partial charge in [-0.25, -0.2) is 0 Å². The predicted octanol–water partition coefficient (Wildman–Crippen LogP) is 5.13. The Hall–Kier alpha value is -2.33. The molecule has 0 saturated carbocycles. The molecule has 0 saturated heterocycles. The largest absolute Gasteiger partial charge is 0.488 e. The van der Waals surface area contributed by atoms with Crippen molar-refractivity contribution in [3.05, 3.63) is 70.7 Å². The van der Waals surface area contributed by atoms with E-state index >= 15 is 0 Å². The molecule has 1 aromatic heterocycles. The summed E-state index contributed by atoms with van der Waals surface area (Å²) in [6.07, 6.45) is 0.